The van der Waals surface area contributed by atoms with E-state index in [9.17, 15) is 9.90 Å². The zero-order chi connectivity index (χ0) is 12.4. The molecule has 1 amide bonds. The van der Waals surface area contributed by atoms with Crippen LogP contribution in [0.25, 0.3) is 0 Å². The number of halogens is 1. The minimum absolute atomic E-state index is 0.0214. The molecule has 0 spiro atoms. The van der Waals surface area contributed by atoms with E-state index in [4.69, 9.17) is 5.73 Å². The van der Waals surface area contributed by atoms with Crippen LogP contribution in [0.2, 0.25) is 0 Å². The number of phenols is 1. The first-order chi connectivity index (χ1) is 8.08. The van der Waals surface area contributed by atoms with Gasteiger partial charge in [0.15, 0.2) is 0 Å². The quantitative estimate of drug-likeness (QED) is 0.829. The third kappa shape index (κ3) is 2.79. The Bertz CT molecular complexity index is 429. The predicted molar refractivity (Wildman–Crippen MR) is 68.9 cm³/mol. The van der Waals surface area contributed by atoms with E-state index in [-0.39, 0.29) is 17.7 Å². The van der Waals surface area contributed by atoms with E-state index in [1.807, 2.05) is 0 Å². The van der Waals surface area contributed by atoms with Crippen LogP contribution in [0.1, 0.15) is 23.2 Å². The van der Waals surface area contributed by atoms with Gasteiger partial charge in [0, 0.05) is 23.6 Å². The summed E-state index contributed by atoms with van der Waals surface area (Å²) in [4.78, 5) is 13.9. The molecule has 0 radical (unpaired) electrons. The average molecular weight is 299 g/mol. The Morgan fingerprint density at radius 3 is 2.71 bits per heavy atom. The summed E-state index contributed by atoms with van der Waals surface area (Å²) in [7, 11) is 0. The smallest absolute Gasteiger partial charge is 0.257 e. The third-order valence-corrected chi connectivity index (χ3v) is 3.51. The van der Waals surface area contributed by atoms with Gasteiger partial charge in [0.1, 0.15) is 5.75 Å². The Labute approximate surface area is 109 Å². The predicted octanol–water partition coefficient (Wildman–Crippen LogP) is 1.72. The number of rotatable bonds is 1. The van der Waals surface area contributed by atoms with Gasteiger partial charge >= 0.3 is 0 Å². The fraction of sp³-hybridized carbons (Fsp3) is 0.417. The molecular weight excluding hydrogens is 284 g/mol. The number of benzene rings is 1. The van der Waals surface area contributed by atoms with Crippen LogP contribution in [0.3, 0.4) is 0 Å². The van der Waals surface area contributed by atoms with Crippen LogP contribution in [0.4, 0.5) is 0 Å². The summed E-state index contributed by atoms with van der Waals surface area (Å²) in [6.07, 6.45) is 1.64. The summed E-state index contributed by atoms with van der Waals surface area (Å²) in [5, 5.41) is 9.69. The number of likely N-dealkylation sites (tertiary alicyclic amines) is 1. The van der Waals surface area contributed by atoms with Gasteiger partial charge in [-0.3, -0.25) is 4.79 Å². The minimum atomic E-state index is -0.129. The van der Waals surface area contributed by atoms with Gasteiger partial charge in [0.05, 0.1) is 5.56 Å². The first kappa shape index (κ1) is 12.4. The van der Waals surface area contributed by atoms with E-state index in [1.54, 1.807) is 17.0 Å². The van der Waals surface area contributed by atoms with E-state index in [0.717, 1.165) is 17.3 Å². The molecule has 3 N–H and O–H groups in total. The second kappa shape index (κ2) is 5.06. The Hall–Kier alpha value is -1.07. The van der Waals surface area contributed by atoms with Gasteiger partial charge < -0.3 is 15.7 Å². The molecule has 1 aromatic rings. The minimum Gasteiger partial charge on any atom is -0.507 e. The average Bonchev–Trinajstić information content (AvgIpc) is 2.32. The topological polar surface area (TPSA) is 66.6 Å². The molecular formula is C12H15BrN2O2. The zero-order valence-electron chi connectivity index (χ0n) is 9.40. The molecule has 0 aromatic heterocycles. The van der Waals surface area contributed by atoms with Crippen molar-refractivity contribution in [2.24, 2.45) is 5.73 Å². The van der Waals surface area contributed by atoms with Crippen molar-refractivity contribution < 1.29 is 9.90 Å². The van der Waals surface area contributed by atoms with Crippen molar-refractivity contribution in [1.82, 2.24) is 4.90 Å². The highest BCUT2D eigenvalue weighted by atomic mass is 79.9. The molecule has 1 fully saturated rings. The normalized spacial score (nSPS) is 17.2. The summed E-state index contributed by atoms with van der Waals surface area (Å²) >= 11 is 3.30. The van der Waals surface area contributed by atoms with Crippen LogP contribution >= 0.6 is 15.9 Å². The maximum absolute atomic E-state index is 12.2. The van der Waals surface area contributed by atoms with Gasteiger partial charge in [-0.2, -0.15) is 0 Å². The van der Waals surface area contributed by atoms with E-state index in [0.29, 0.717) is 18.7 Å². The van der Waals surface area contributed by atoms with Gasteiger partial charge in [0.2, 0.25) is 0 Å². The number of carbonyl (C=O) groups excluding carboxylic acids is 1. The number of piperidine rings is 1. The molecule has 1 aliphatic heterocycles. The van der Waals surface area contributed by atoms with Crippen molar-refractivity contribution in [2.75, 3.05) is 13.1 Å². The van der Waals surface area contributed by atoms with E-state index in [2.05, 4.69) is 15.9 Å². The van der Waals surface area contributed by atoms with Crippen molar-refractivity contribution in [3.05, 3.63) is 28.2 Å². The van der Waals surface area contributed by atoms with Crippen molar-refractivity contribution in [2.45, 2.75) is 18.9 Å². The van der Waals surface area contributed by atoms with Crippen molar-refractivity contribution in [3.63, 3.8) is 0 Å². The second-order valence-electron chi connectivity index (χ2n) is 4.29. The van der Waals surface area contributed by atoms with Gasteiger partial charge in [-0.25, -0.2) is 0 Å². The highest BCUT2D eigenvalue weighted by Crippen LogP contribution is 2.24. The number of nitrogens with zero attached hydrogens (tertiary/aromatic N) is 1. The first-order valence-electron chi connectivity index (χ1n) is 5.61. The van der Waals surface area contributed by atoms with Crippen molar-refractivity contribution in [1.29, 1.82) is 0 Å². The van der Waals surface area contributed by atoms with E-state index in [1.165, 1.54) is 6.07 Å². The zero-order valence-corrected chi connectivity index (χ0v) is 11.0. The maximum Gasteiger partial charge on any atom is 0.257 e. The molecule has 0 aliphatic carbocycles. The number of carbonyl (C=O) groups is 1. The molecule has 92 valence electrons. The van der Waals surface area contributed by atoms with Crippen molar-refractivity contribution >= 4 is 21.8 Å². The lowest BCUT2D eigenvalue weighted by molar-refractivity contribution is 0.0711. The van der Waals surface area contributed by atoms with Crippen LogP contribution in [0.5, 0.6) is 5.75 Å². The fourth-order valence-electron chi connectivity index (χ4n) is 1.95. The number of aromatic hydroxyl groups is 1. The number of phenolic OH excluding ortho intramolecular Hbond substituents is 1. The lowest BCUT2D eigenvalue weighted by Crippen LogP contribution is -2.42. The molecule has 0 atom stereocenters. The molecule has 5 heteroatoms. The molecule has 0 unspecified atom stereocenters. The van der Waals surface area contributed by atoms with Crippen LogP contribution in [-0.4, -0.2) is 35.0 Å². The Kier molecular flexibility index (Phi) is 3.69. The number of hydrogen-bond donors (Lipinski definition) is 2. The van der Waals surface area contributed by atoms with Gasteiger partial charge in [-0.1, -0.05) is 15.9 Å². The van der Waals surface area contributed by atoms with Crippen LogP contribution in [0, 0.1) is 0 Å². The summed E-state index contributed by atoms with van der Waals surface area (Å²) < 4.78 is 0.785. The molecule has 0 bridgehead atoms. The number of amides is 1. The fourth-order valence-corrected chi connectivity index (χ4v) is 2.31. The van der Waals surface area contributed by atoms with Gasteiger partial charge in [-0.15, -0.1) is 0 Å². The summed E-state index contributed by atoms with van der Waals surface area (Å²) in [6, 6.07) is 5.06. The molecule has 17 heavy (non-hydrogen) atoms. The lowest BCUT2D eigenvalue weighted by atomic mass is 10.0. The van der Waals surface area contributed by atoms with Gasteiger partial charge in [-0.05, 0) is 31.0 Å². The number of hydrogen-bond acceptors (Lipinski definition) is 3. The summed E-state index contributed by atoms with van der Waals surface area (Å²) in [5.41, 5.74) is 6.14. The second-order valence-corrected chi connectivity index (χ2v) is 5.21. The summed E-state index contributed by atoms with van der Waals surface area (Å²) in [5.74, 6) is -0.108. The Morgan fingerprint density at radius 1 is 1.41 bits per heavy atom. The third-order valence-electron chi connectivity index (χ3n) is 3.02. The first-order valence-corrected chi connectivity index (χ1v) is 6.40. The molecule has 1 heterocycles. The van der Waals surface area contributed by atoms with Crippen LogP contribution < -0.4 is 5.73 Å². The highest BCUT2D eigenvalue weighted by molar-refractivity contribution is 9.10. The molecule has 1 saturated heterocycles. The standard InChI is InChI=1S/C12H15BrN2O2/c13-8-1-2-11(16)10(7-8)12(17)15-5-3-9(14)4-6-15/h1-2,7,9,16H,3-6,14H2. The monoisotopic (exact) mass is 298 g/mol. The van der Waals surface area contributed by atoms with E-state index < -0.39 is 0 Å². The molecule has 0 saturated carbocycles. The molecule has 1 aliphatic rings. The molecule has 2 rings (SSSR count). The van der Waals surface area contributed by atoms with Gasteiger partial charge in [0.25, 0.3) is 5.91 Å². The maximum atomic E-state index is 12.2. The lowest BCUT2D eigenvalue weighted by Gasteiger charge is -2.30. The SMILES string of the molecule is NC1CCN(C(=O)c2cc(Br)ccc2O)CC1. The van der Waals surface area contributed by atoms with E-state index >= 15 is 0 Å². The van der Waals surface area contributed by atoms with Crippen molar-refractivity contribution in [3.8, 4) is 5.75 Å². The summed E-state index contributed by atoms with van der Waals surface area (Å²) in [6.45, 7) is 1.32. The van der Waals surface area contributed by atoms with Crippen LogP contribution in [0.15, 0.2) is 22.7 Å². The molecule has 1 aromatic carbocycles. The Morgan fingerprint density at radius 2 is 2.06 bits per heavy atom. The number of nitrogens with two attached hydrogens (primary N) is 1. The Balaban J connectivity index is 2.16. The largest absolute Gasteiger partial charge is 0.507 e. The van der Waals surface area contributed by atoms with Crippen LogP contribution in [-0.2, 0) is 0 Å². The highest BCUT2D eigenvalue weighted by Gasteiger charge is 2.23. The molecule has 4 nitrogen and oxygen atoms in total.